The summed E-state index contributed by atoms with van der Waals surface area (Å²) in [7, 11) is 1.62. The van der Waals surface area contributed by atoms with Crippen LogP contribution < -0.4 is 5.73 Å². The lowest BCUT2D eigenvalue weighted by Crippen LogP contribution is -2.28. The molecule has 2 N–H and O–H groups in total. The van der Waals surface area contributed by atoms with Gasteiger partial charge in [0.2, 0.25) is 11.7 Å². The van der Waals surface area contributed by atoms with Crippen LogP contribution in [0.5, 0.6) is 0 Å². The molecular formula is C13H17N3O2. The molecule has 1 unspecified atom stereocenters. The van der Waals surface area contributed by atoms with Gasteiger partial charge in [0.1, 0.15) is 0 Å². The Balaban J connectivity index is 2.10. The van der Waals surface area contributed by atoms with Crippen LogP contribution in [0.2, 0.25) is 0 Å². The van der Waals surface area contributed by atoms with Crippen LogP contribution in [0.4, 0.5) is 0 Å². The van der Waals surface area contributed by atoms with Crippen molar-refractivity contribution in [2.45, 2.75) is 19.4 Å². The van der Waals surface area contributed by atoms with Crippen molar-refractivity contribution in [1.29, 1.82) is 0 Å². The van der Waals surface area contributed by atoms with Crippen molar-refractivity contribution in [2.24, 2.45) is 5.73 Å². The number of hydrogen-bond donors (Lipinski definition) is 1. The Morgan fingerprint density at radius 1 is 1.44 bits per heavy atom. The van der Waals surface area contributed by atoms with Gasteiger partial charge in [-0.25, -0.2) is 0 Å². The van der Waals surface area contributed by atoms with Crippen LogP contribution >= 0.6 is 0 Å². The standard InChI is InChI=1S/C13H17N3O2/c1-9-4-3-5-10(6-9)13-15-12(18-16-13)7-11(14)8-17-2/h3-6,11H,7-8,14H2,1-2H3. The summed E-state index contributed by atoms with van der Waals surface area (Å²) >= 11 is 0. The molecule has 1 atom stereocenters. The lowest BCUT2D eigenvalue weighted by molar-refractivity contribution is 0.176. The lowest BCUT2D eigenvalue weighted by atomic mass is 10.1. The summed E-state index contributed by atoms with van der Waals surface area (Å²) in [4.78, 5) is 4.33. The molecule has 0 radical (unpaired) electrons. The number of nitrogens with two attached hydrogens (primary N) is 1. The minimum atomic E-state index is -0.124. The lowest BCUT2D eigenvalue weighted by Gasteiger charge is -2.05. The fourth-order valence-corrected chi connectivity index (χ4v) is 1.74. The third-order valence-corrected chi connectivity index (χ3v) is 2.56. The molecule has 5 heteroatoms. The molecule has 96 valence electrons. The number of methoxy groups -OCH3 is 1. The highest BCUT2D eigenvalue weighted by atomic mass is 16.5. The number of rotatable bonds is 5. The predicted molar refractivity (Wildman–Crippen MR) is 68.0 cm³/mol. The molecule has 0 fully saturated rings. The van der Waals surface area contributed by atoms with Crippen LogP contribution in [0.3, 0.4) is 0 Å². The molecule has 0 aliphatic carbocycles. The number of benzene rings is 1. The Morgan fingerprint density at radius 3 is 3.00 bits per heavy atom. The van der Waals surface area contributed by atoms with E-state index < -0.39 is 0 Å². The van der Waals surface area contributed by atoms with Gasteiger partial charge in [0, 0.05) is 25.1 Å². The van der Waals surface area contributed by atoms with E-state index in [4.69, 9.17) is 15.0 Å². The van der Waals surface area contributed by atoms with Gasteiger partial charge >= 0.3 is 0 Å². The smallest absolute Gasteiger partial charge is 0.228 e. The summed E-state index contributed by atoms with van der Waals surface area (Å²) in [5, 5.41) is 3.96. The molecule has 0 saturated heterocycles. The Morgan fingerprint density at radius 2 is 2.28 bits per heavy atom. The average Bonchev–Trinajstić information content (AvgIpc) is 2.78. The molecular weight excluding hydrogens is 230 g/mol. The molecule has 5 nitrogen and oxygen atoms in total. The van der Waals surface area contributed by atoms with Crippen LogP contribution in [-0.4, -0.2) is 29.9 Å². The largest absolute Gasteiger partial charge is 0.383 e. The Labute approximate surface area is 106 Å². The molecule has 0 bridgehead atoms. The van der Waals surface area contributed by atoms with Gasteiger partial charge in [0.15, 0.2) is 0 Å². The van der Waals surface area contributed by atoms with E-state index in [2.05, 4.69) is 10.1 Å². The number of aromatic nitrogens is 2. The van der Waals surface area contributed by atoms with Crippen LogP contribution in [0, 0.1) is 6.92 Å². The van der Waals surface area contributed by atoms with Crippen molar-refractivity contribution >= 4 is 0 Å². The number of nitrogens with zero attached hydrogens (tertiary/aromatic N) is 2. The summed E-state index contributed by atoms with van der Waals surface area (Å²) in [5.74, 6) is 1.13. The summed E-state index contributed by atoms with van der Waals surface area (Å²) in [5.41, 5.74) is 7.95. The first kappa shape index (κ1) is 12.7. The van der Waals surface area contributed by atoms with E-state index in [1.165, 1.54) is 0 Å². The number of aryl methyl sites for hydroxylation is 1. The monoisotopic (exact) mass is 247 g/mol. The van der Waals surface area contributed by atoms with Gasteiger partial charge in [0.05, 0.1) is 6.61 Å². The van der Waals surface area contributed by atoms with Gasteiger partial charge in [0.25, 0.3) is 0 Å². The van der Waals surface area contributed by atoms with E-state index in [0.717, 1.165) is 11.1 Å². The first-order valence-corrected chi connectivity index (χ1v) is 5.83. The fourth-order valence-electron chi connectivity index (χ4n) is 1.74. The van der Waals surface area contributed by atoms with E-state index in [1.807, 2.05) is 31.2 Å². The third-order valence-electron chi connectivity index (χ3n) is 2.56. The van der Waals surface area contributed by atoms with Crippen molar-refractivity contribution < 1.29 is 9.26 Å². The van der Waals surface area contributed by atoms with Crippen LogP contribution in [0.25, 0.3) is 11.4 Å². The van der Waals surface area contributed by atoms with Crippen molar-refractivity contribution in [2.75, 3.05) is 13.7 Å². The Bertz CT molecular complexity index is 510. The van der Waals surface area contributed by atoms with Crippen LogP contribution in [-0.2, 0) is 11.2 Å². The highest BCUT2D eigenvalue weighted by molar-refractivity contribution is 5.55. The molecule has 1 heterocycles. The van der Waals surface area contributed by atoms with Gasteiger partial charge in [-0.3, -0.25) is 0 Å². The summed E-state index contributed by atoms with van der Waals surface area (Å²) in [6, 6.07) is 7.84. The van der Waals surface area contributed by atoms with Gasteiger partial charge < -0.3 is 15.0 Å². The molecule has 0 saturated carbocycles. The zero-order chi connectivity index (χ0) is 13.0. The minimum absolute atomic E-state index is 0.124. The van der Waals surface area contributed by atoms with Gasteiger partial charge in [-0.05, 0) is 13.0 Å². The van der Waals surface area contributed by atoms with E-state index in [9.17, 15) is 0 Å². The zero-order valence-electron chi connectivity index (χ0n) is 10.6. The first-order valence-electron chi connectivity index (χ1n) is 5.83. The molecule has 0 aliphatic heterocycles. The summed E-state index contributed by atoms with van der Waals surface area (Å²) in [6.45, 7) is 2.50. The second-order valence-electron chi connectivity index (χ2n) is 4.30. The van der Waals surface area contributed by atoms with Gasteiger partial charge in [-0.1, -0.05) is 28.9 Å². The topological polar surface area (TPSA) is 74.2 Å². The third kappa shape index (κ3) is 3.15. The summed E-state index contributed by atoms with van der Waals surface area (Å²) < 4.78 is 10.1. The van der Waals surface area contributed by atoms with Crippen molar-refractivity contribution in [3.8, 4) is 11.4 Å². The molecule has 1 aromatic heterocycles. The molecule has 0 amide bonds. The predicted octanol–water partition coefficient (Wildman–Crippen LogP) is 1.56. The highest BCUT2D eigenvalue weighted by Gasteiger charge is 2.12. The van der Waals surface area contributed by atoms with Crippen molar-refractivity contribution in [3.63, 3.8) is 0 Å². The van der Waals surface area contributed by atoms with Crippen molar-refractivity contribution in [3.05, 3.63) is 35.7 Å². The van der Waals surface area contributed by atoms with E-state index in [1.54, 1.807) is 7.11 Å². The molecule has 18 heavy (non-hydrogen) atoms. The van der Waals surface area contributed by atoms with Crippen LogP contribution in [0.15, 0.2) is 28.8 Å². The Hall–Kier alpha value is -1.72. The zero-order valence-corrected chi connectivity index (χ0v) is 10.6. The Kier molecular flexibility index (Phi) is 4.07. The minimum Gasteiger partial charge on any atom is -0.383 e. The van der Waals surface area contributed by atoms with E-state index in [0.29, 0.717) is 24.7 Å². The van der Waals surface area contributed by atoms with Crippen molar-refractivity contribution in [1.82, 2.24) is 10.1 Å². The molecule has 2 aromatic rings. The first-order chi connectivity index (χ1) is 8.69. The second kappa shape index (κ2) is 5.75. The molecule has 0 spiro atoms. The quantitative estimate of drug-likeness (QED) is 0.867. The van der Waals surface area contributed by atoms with Gasteiger partial charge in [-0.15, -0.1) is 0 Å². The molecule has 2 rings (SSSR count). The maximum Gasteiger partial charge on any atom is 0.228 e. The second-order valence-corrected chi connectivity index (χ2v) is 4.30. The van der Waals surface area contributed by atoms with E-state index in [-0.39, 0.29) is 6.04 Å². The number of ether oxygens (including phenoxy) is 1. The van der Waals surface area contributed by atoms with Gasteiger partial charge in [-0.2, -0.15) is 4.98 Å². The maximum atomic E-state index is 5.84. The summed E-state index contributed by atoms with van der Waals surface area (Å²) in [6.07, 6.45) is 0.520. The highest BCUT2D eigenvalue weighted by Crippen LogP contribution is 2.17. The molecule has 1 aromatic carbocycles. The average molecular weight is 247 g/mol. The molecule has 0 aliphatic rings. The normalized spacial score (nSPS) is 12.6. The fraction of sp³-hybridized carbons (Fsp3) is 0.385. The SMILES string of the molecule is COCC(N)Cc1nc(-c2cccc(C)c2)no1. The maximum absolute atomic E-state index is 5.84. The number of hydrogen-bond acceptors (Lipinski definition) is 5. The van der Waals surface area contributed by atoms with Crippen LogP contribution in [0.1, 0.15) is 11.5 Å². The van der Waals surface area contributed by atoms with E-state index >= 15 is 0 Å².